The van der Waals surface area contributed by atoms with E-state index >= 15 is 0 Å². The Kier molecular flexibility index (Phi) is 3.80. The summed E-state index contributed by atoms with van der Waals surface area (Å²) in [5.41, 5.74) is 0.669. The summed E-state index contributed by atoms with van der Waals surface area (Å²) in [6, 6.07) is 6.57. The lowest BCUT2D eigenvalue weighted by Crippen LogP contribution is -2.24. The Bertz CT molecular complexity index is 719. The average Bonchev–Trinajstić information content (AvgIpc) is 3.15. The maximum Gasteiger partial charge on any atom is 0.229 e. The van der Waals surface area contributed by atoms with Crippen LogP contribution in [0.1, 0.15) is 55.9 Å². The molecule has 3 rings (SSSR count). The van der Waals surface area contributed by atoms with Crippen LogP contribution in [0.5, 0.6) is 0 Å². The van der Waals surface area contributed by atoms with E-state index < -0.39 is 5.82 Å². The smallest absolute Gasteiger partial charge is 0.229 e. The highest BCUT2D eigenvalue weighted by Crippen LogP contribution is 2.37. The van der Waals surface area contributed by atoms with Crippen molar-refractivity contribution >= 4 is 5.69 Å². The van der Waals surface area contributed by atoms with E-state index in [1.807, 2.05) is 24.8 Å². The zero-order valence-corrected chi connectivity index (χ0v) is 12.6. The minimum absolute atomic E-state index is 0.0713. The molecule has 0 aliphatic carbocycles. The van der Waals surface area contributed by atoms with Crippen molar-refractivity contribution in [1.29, 1.82) is 5.26 Å². The van der Waals surface area contributed by atoms with Gasteiger partial charge in [-0.15, -0.1) is 0 Å². The first kappa shape index (κ1) is 14.5. The number of nitrogens with zero attached hydrogens (tertiary/aromatic N) is 4. The van der Waals surface area contributed by atoms with E-state index in [0.717, 1.165) is 19.4 Å². The second-order valence-electron chi connectivity index (χ2n) is 5.74. The Hall–Kier alpha value is -2.42. The largest absolute Gasteiger partial charge is 0.360 e. The zero-order chi connectivity index (χ0) is 15.7. The predicted molar refractivity (Wildman–Crippen MR) is 78.8 cm³/mol. The van der Waals surface area contributed by atoms with Crippen molar-refractivity contribution in [2.24, 2.45) is 0 Å². The van der Waals surface area contributed by atoms with Crippen LogP contribution in [-0.2, 0) is 0 Å². The van der Waals surface area contributed by atoms with Crippen LogP contribution < -0.4 is 4.90 Å². The molecule has 1 aliphatic heterocycles. The topological polar surface area (TPSA) is 66.0 Å². The molecule has 0 radical (unpaired) electrons. The molecule has 2 heterocycles. The third kappa shape index (κ3) is 2.43. The van der Waals surface area contributed by atoms with Gasteiger partial charge in [0.15, 0.2) is 5.82 Å². The maximum atomic E-state index is 13.8. The van der Waals surface area contributed by atoms with Crippen molar-refractivity contribution in [3.63, 3.8) is 0 Å². The van der Waals surface area contributed by atoms with Crippen molar-refractivity contribution in [3.8, 4) is 6.07 Å². The molecule has 1 aliphatic rings. The number of benzene rings is 1. The second-order valence-corrected chi connectivity index (χ2v) is 5.74. The molecule has 0 spiro atoms. The molecular formula is C16H17FN4O. The lowest BCUT2D eigenvalue weighted by molar-refractivity contribution is 0.358. The SMILES string of the molecule is CC(C)c1nc(C2CCCN2c2cccc(F)c2C#N)no1. The van der Waals surface area contributed by atoms with Gasteiger partial charge in [-0.05, 0) is 25.0 Å². The first-order chi connectivity index (χ1) is 10.6. The van der Waals surface area contributed by atoms with E-state index in [4.69, 9.17) is 4.52 Å². The molecule has 6 heteroatoms. The number of hydrogen-bond donors (Lipinski definition) is 0. The Morgan fingerprint density at radius 1 is 1.45 bits per heavy atom. The molecule has 0 bridgehead atoms. The van der Waals surface area contributed by atoms with E-state index in [2.05, 4.69) is 10.1 Å². The van der Waals surface area contributed by atoms with E-state index in [1.165, 1.54) is 6.07 Å². The van der Waals surface area contributed by atoms with E-state index in [0.29, 0.717) is 17.4 Å². The van der Waals surface area contributed by atoms with Crippen LogP contribution in [0.25, 0.3) is 0 Å². The van der Waals surface area contributed by atoms with E-state index in [1.54, 1.807) is 12.1 Å². The maximum absolute atomic E-state index is 13.8. The predicted octanol–water partition coefficient (Wildman–Crippen LogP) is 3.55. The first-order valence-electron chi connectivity index (χ1n) is 7.40. The Morgan fingerprint density at radius 3 is 2.95 bits per heavy atom. The van der Waals surface area contributed by atoms with Crippen molar-refractivity contribution in [2.45, 2.75) is 38.6 Å². The zero-order valence-electron chi connectivity index (χ0n) is 12.6. The third-order valence-electron chi connectivity index (χ3n) is 3.92. The lowest BCUT2D eigenvalue weighted by atomic mass is 10.1. The summed E-state index contributed by atoms with van der Waals surface area (Å²) in [5, 5.41) is 13.3. The number of aromatic nitrogens is 2. The van der Waals surface area contributed by atoms with Crippen molar-refractivity contribution in [2.75, 3.05) is 11.4 Å². The highest BCUT2D eigenvalue weighted by molar-refractivity contribution is 5.61. The van der Waals surface area contributed by atoms with Gasteiger partial charge in [-0.2, -0.15) is 10.2 Å². The highest BCUT2D eigenvalue weighted by atomic mass is 19.1. The van der Waals surface area contributed by atoms with Crippen molar-refractivity contribution in [3.05, 3.63) is 41.3 Å². The Labute approximate surface area is 128 Å². The molecule has 114 valence electrons. The van der Waals surface area contributed by atoms with Crippen LogP contribution in [0.3, 0.4) is 0 Å². The molecule has 22 heavy (non-hydrogen) atoms. The minimum Gasteiger partial charge on any atom is -0.360 e. The molecule has 1 unspecified atom stereocenters. The molecule has 5 nitrogen and oxygen atoms in total. The second kappa shape index (κ2) is 5.76. The van der Waals surface area contributed by atoms with Gasteiger partial charge in [0.2, 0.25) is 5.89 Å². The Balaban J connectivity index is 1.97. The monoisotopic (exact) mass is 300 g/mol. The summed E-state index contributed by atoms with van der Waals surface area (Å²) in [4.78, 5) is 6.45. The van der Waals surface area contributed by atoms with Gasteiger partial charge in [0.25, 0.3) is 0 Å². The molecule has 0 N–H and O–H groups in total. The lowest BCUT2D eigenvalue weighted by Gasteiger charge is -2.25. The summed E-state index contributed by atoms with van der Waals surface area (Å²) in [7, 11) is 0. The summed E-state index contributed by atoms with van der Waals surface area (Å²) in [6.45, 7) is 4.72. The van der Waals surface area contributed by atoms with Gasteiger partial charge < -0.3 is 9.42 Å². The molecule has 1 fully saturated rings. The molecule has 1 aromatic carbocycles. The fourth-order valence-corrected chi connectivity index (χ4v) is 2.80. The van der Waals surface area contributed by atoms with Gasteiger partial charge in [0, 0.05) is 12.5 Å². The van der Waals surface area contributed by atoms with Gasteiger partial charge in [-0.1, -0.05) is 25.1 Å². The van der Waals surface area contributed by atoms with E-state index in [-0.39, 0.29) is 17.5 Å². The molecule has 0 saturated carbocycles. The summed E-state index contributed by atoms with van der Waals surface area (Å²) < 4.78 is 19.1. The molecule has 2 aromatic rings. The number of anilines is 1. The minimum atomic E-state index is -0.498. The highest BCUT2D eigenvalue weighted by Gasteiger charge is 2.32. The number of halogens is 1. The van der Waals surface area contributed by atoms with Gasteiger partial charge in [-0.25, -0.2) is 4.39 Å². The van der Waals surface area contributed by atoms with Gasteiger partial charge >= 0.3 is 0 Å². The quantitative estimate of drug-likeness (QED) is 0.867. The first-order valence-corrected chi connectivity index (χ1v) is 7.40. The van der Waals surface area contributed by atoms with Crippen LogP contribution in [-0.4, -0.2) is 16.7 Å². The molecule has 1 atom stereocenters. The third-order valence-corrected chi connectivity index (χ3v) is 3.92. The fraction of sp³-hybridized carbons (Fsp3) is 0.438. The number of hydrogen-bond acceptors (Lipinski definition) is 5. The standard InChI is InChI=1S/C16H17FN4O/c1-10(2)16-19-15(20-22-16)14-7-4-8-21(14)13-6-3-5-12(17)11(13)9-18/h3,5-6,10,14H,4,7-8H2,1-2H3. The van der Waals surface area contributed by atoms with E-state index in [9.17, 15) is 9.65 Å². The van der Waals surface area contributed by atoms with Crippen molar-refractivity contribution < 1.29 is 8.91 Å². The van der Waals surface area contributed by atoms with Crippen LogP contribution in [0, 0.1) is 17.1 Å². The number of nitriles is 1. The summed E-state index contributed by atoms with van der Waals surface area (Å²) in [5.74, 6) is 0.873. The molecule has 1 saturated heterocycles. The fourth-order valence-electron chi connectivity index (χ4n) is 2.80. The van der Waals surface area contributed by atoms with Crippen LogP contribution in [0.2, 0.25) is 0 Å². The number of rotatable bonds is 3. The molecule has 0 amide bonds. The van der Waals surface area contributed by atoms with Crippen LogP contribution in [0.4, 0.5) is 10.1 Å². The van der Waals surface area contributed by atoms with Crippen LogP contribution in [0.15, 0.2) is 22.7 Å². The van der Waals surface area contributed by atoms with Crippen molar-refractivity contribution in [1.82, 2.24) is 10.1 Å². The normalized spacial score (nSPS) is 18.0. The summed E-state index contributed by atoms with van der Waals surface area (Å²) in [6.07, 6.45) is 1.80. The Morgan fingerprint density at radius 2 is 2.27 bits per heavy atom. The van der Waals surface area contributed by atoms with Crippen LogP contribution >= 0.6 is 0 Å². The van der Waals surface area contributed by atoms with Gasteiger partial charge in [0.05, 0.1) is 11.7 Å². The average molecular weight is 300 g/mol. The molecule has 1 aromatic heterocycles. The van der Waals surface area contributed by atoms with Gasteiger partial charge in [-0.3, -0.25) is 0 Å². The van der Waals surface area contributed by atoms with Gasteiger partial charge in [0.1, 0.15) is 17.4 Å². The summed E-state index contributed by atoms with van der Waals surface area (Å²) >= 11 is 0. The molecular weight excluding hydrogens is 283 g/mol.